The predicted molar refractivity (Wildman–Crippen MR) is 82.0 cm³/mol. The first-order chi connectivity index (χ1) is 9.48. The van der Waals surface area contributed by atoms with Gasteiger partial charge in [0, 0.05) is 11.6 Å². The molecule has 112 valence electrons. The molecule has 2 rings (SSSR count). The second-order valence-electron chi connectivity index (χ2n) is 6.78. The van der Waals surface area contributed by atoms with E-state index in [2.05, 4.69) is 18.7 Å². The highest BCUT2D eigenvalue weighted by Gasteiger charge is 2.23. The monoisotopic (exact) mass is 278 g/mol. The molecule has 0 radical (unpaired) electrons. The summed E-state index contributed by atoms with van der Waals surface area (Å²) in [5, 5.41) is 0. The van der Waals surface area contributed by atoms with Crippen molar-refractivity contribution in [2.75, 3.05) is 19.6 Å². The Morgan fingerprint density at radius 3 is 2.75 bits per heavy atom. The Kier molecular flexibility index (Phi) is 5.17. The van der Waals surface area contributed by atoms with Crippen LogP contribution in [-0.2, 0) is 0 Å². The van der Waals surface area contributed by atoms with Crippen molar-refractivity contribution in [3.05, 3.63) is 35.6 Å². The normalized spacial score (nSPS) is 21.4. The average molecular weight is 278 g/mol. The molecule has 1 aliphatic heterocycles. The fourth-order valence-corrected chi connectivity index (χ4v) is 2.96. The third kappa shape index (κ3) is 4.29. The molecule has 0 aromatic heterocycles. The van der Waals surface area contributed by atoms with E-state index >= 15 is 0 Å². The molecular weight excluding hydrogens is 251 g/mol. The van der Waals surface area contributed by atoms with Gasteiger partial charge < -0.3 is 10.6 Å². The molecule has 1 heterocycles. The van der Waals surface area contributed by atoms with Crippen LogP contribution >= 0.6 is 0 Å². The third-order valence-corrected chi connectivity index (χ3v) is 4.49. The van der Waals surface area contributed by atoms with Crippen molar-refractivity contribution in [1.29, 1.82) is 0 Å². The molecule has 1 atom stereocenters. The third-order valence-electron chi connectivity index (χ3n) is 4.49. The van der Waals surface area contributed by atoms with Gasteiger partial charge in [0.15, 0.2) is 0 Å². The zero-order chi connectivity index (χ0) is 14.6. The van der Waals surface area contributed by atoms with Crippen LogP contribution in [0.1, 0.15) is 51.1 Å². The molecular formula is C17H27FN2. The molecule has 1 saturated heterocycles. The smallest absolute Gasteiger partial charge is 0.127 e. The molecule has 0 spiro atoms. The van der Waals surface area contributed by atoms with Gasteiger partial charge in [0.1, 0.15) is 5.82 Å². The van der Waals surface area contributed by atoms with Gasteiger partial charge in [-0.15, -0.1) is 0 Å². The number of rotatable bonds is 4. The van der Waals surface area contributed by atoms with Crippen LogP contribution < -0.4 is 5.73 Å². The van der Waals surface area contributed by atoms with Crippen LogP contribution in [0.4, 0.5) is 4.39 Å². The van der Waals surface area contributed by atoms with Gasteiger partial charge in [-0.25, -0.2) is 4.39 Å². The topological polar surface area (TPSA) is 29.3 Å². The second kappa shape index (κ2) is 6.68. The number of likely N-dealkylation sites (tertiary alicyclic amines) is 1. The van der Waals surface area contributed by atoms with Crippen molar-refractivity contribution in [1.82, 2.24) is 4.90 Å². The summed E-state index contributed by atoms with van der Waals surface area (Å²) < 4.78 is 13.7. The largest absolute Gasteiger partial charge is 0.324 e. The fourth-order valence-electron chi connectivity index (χ4n) is 2.96. The molecule has 1 aromatic rings. The van der Waals surface area contributed by atoms with Crippen LogP contribution in [0.5, 0.6) is 0 Å². The van der Waals surface area contributed by atoms with Crippen molar-refractivity contribution in [2.24, 2.45) is 11.1 Å². The molecule has 2 N–H and O–H groups in total. The lowest BCUT2D eigenvalue weighted by molar-refractivity contribution is 0.254. The number of hydrogen-bond acceptors (Lipinski definition) is 2. The number of nitrogens with zero attached hydrogens (tertiary/aromatic N) is 1. The Morgan fingerprint density at radius 2 is 2.00 bits per heavy atom. The van der Waals surface area contributed by atoms with Crippen LogP contribution in [0.25, 0.3) is 0 Å². The highest BCUT2D eigenvalue weighted by atomic mass is 19.1. The van der Waals surface area contributed by atoms with Gasteiger partial charge in [-0.05, 0) is 56.8 Å². The zero-order valence-corrected chi connectivity index (χ0v) is 12.7. The first kappa shape index (κ1) is 15.5. The molecule has 0 saturated carbocycles. The molecule has 0 amide bonds. The van der Waals surface area contributed by atoms with E-state index in [-0.39, 0.29) is 11.9 Å². The Morgan fingerprint density at radius 1 is 1.25 bits per heavy atom. The molecule has 0 aliphatic carbocycles. The standard InChI is InChI=1S/C17H27FN2/c1-17(2)9-5-11-20(13-10-17)12-8-16(19)14-6-3-4-7-15(14)18/h3-4,6-7,16H,5,8-13,19H2,1-2H3. The highest BCUT2D eigenvalue weighted by molar-refractivity contribution is 5.20. The minimum Gasteiger partial charge on any atom is -0.324 e. The SMILES string of the molecule is CC1(C)CCCN(CCC(N)c2ccccc2F)CC1. The zero-order valence-electron chi connectivity index (χ0n) is 12.7. The second-order valence-corrected chi connectivity index (χ2v) is 6.78. The fraction of sp³-hybridized carbons (Fsp3) is 0.647. The Labute approximate surface area is 122 Å². The summed E-state index contributed by atoms with van der Waals surface area (Å²) in [6.45, 7) is 7.94. The van der Waals surface area contributed by atoms with E-state index in [9.17, 15) is 4.39 Å². The van der Waals surface area contributed by atoms with E-state index in [0.29, 0.717) is 11.0 Å². The number of benzene rings is 1. The number of hydrogen-bond donors (Lipinski definition) is 1. The predicted octanol–water partition coefficient (Wildman–Crippen LogP) is 3.73. The van der Waals surface area contributed by atoms with Gasteiger partial charge in [0.05, 0.1) is 0 Å². The minimum atomic E-state index is -0.201. The molecule has 1 fully saturated rings. The summed E-state index contributed by atoms with van der Waals surface area (Å²) in [7, 11) is 0. The Balaban J connectivity index is 1.84. The van der Waals surface area contributed by atoms with Gasteiger partial charge in [0.25, 0.3) is 0 Å². The van der Waals surface area contributed by atoms with Gasteiger partial charge in [0.2, 0.25) is 0 Å². The molecule has 1 unspecified atom stereocenters. The summed E-state index contributed by atoms with van der Waals surface area (Å²) in [6.07, 6.45) is 4.61. The highest BCUT2D eigenvalue weighted by Crippen LogP contribution is 2.30. The molecule has 20 heavy (non-hydrogen) atoms. The molecule has 2 nitrogen and oxygen atoms in total. The van der Waals surface area contributed by atoms with Crippen LogP contribution in [0, 0.1) is 11.2 Å². The van der Waals surface area contributed by atoms with Crippen LogP contribution in [-0.4, -0.2) is 24.5 Å². The van der Waals surface area contributed by atoms with Crippen LogP contribution in [0.2, 0.25) is 0 Å². The molecule has 1 aliphatic rings. The van der Waals surface area contributed by atoms with Crippen LogP contribution in [0.15, 0.2) is 24.3 Å². The summed E-state index contributed by atoms with van der Waals surface area (Å²) >= 11 is 0. The van der Waals surface area contributed by atoms with Crippen molar-refractivity contribution in [2.45, 2.75) is 45.6 Å². The Hall–Kier alpha value is -0.930. The summed E-state index contributed by atoms with van der Waals surface area (Å²) in [4.78, 5) is 2.48. The minimum absolute atomic E-state index is 0.183. The molecule has 3 heteroatoms. The quantitative estimate of drug-likeness (QED) is 0.909. The van der Waals surface area contributed by atoms with Crippen LogP contribution in [0.3, 0.4) is 0 Å². The Bertz CT molecular complexity index is 431. The van der Waals surface area contributed by atoms with Crippen molar-refractivity contribution in [3.63, 3.8) is 0 Å². The summed E-state index contributed by atoms with van der Waals surface area (Å²) in [5.74, 6) is -0.183. The van der Waals surface area contributed by atoms with Crippen molar-refractivity contribution >= 4 is 0 Å². The van der Waals surface area contributed by atoms with Gasteiger partial charge in [-0.1, -0.05) is 32.0 Å². The maximum Gasteiger partial charge on any atom is 0.127 e. The summed E-state index contributed by atoms with van der Waals surface area (Å²) in [5.41, 5.74) is 7.24. The first-order valence-electron chi connectivity index (χ1n) is 7.70. The van der Waals surface area contributed by atoms with Gasteiger partial charge in [-0.3, -0.25) is 0 Å². The van der Waals surface area contributed by atoms with E-state index < -0.39 is 0 Å². The van der Waals surface area contributed by atoms with Crippen molar-refractivity contribution < 1.29 is 4.39 Å². The average Bonchev–Trinajstić information content (AvgIpc) is 2.57. The summed E-state index contributed by atoms with van der Waals surface area (Å²) in [6, 6.07) is 6.65. The van der Waals surface area contributed by atoms with E-state index in [4.69, 9.17) is 5.73 Å². The van der Waals surface area contributed by atoms with Gasteiger partial charge in [-0.2, -0.15) is 0 Å². The maximum atomic E-state index is 13.7. The lowest BCUT2D eigenvalue weighted by Gasteiger charge is -2.24. The van der Waals surface area contributed by atoms with E-state index in [0.717, 1.165) is 26.1 Å². The van der Waals surface area contributed by atoms with E-state index in [1.807, 2.05) is 6.07 Å². The van der Waals surface area contributed by atoms with Gasteiger partial charge >= 0.3 is 0 Å². The molecule has 0 bridgehead atoms. The lowest BCUT2D eigenvalue weighted by atomic mass is 9.85. The van der Waals surface area contributed by atoms with E-state index in [1.54, 1.807) is 12.1 Å². The number of nitrogens with two attached hydrogens (primary N) is 1. The number of halogens is 1. The van der Waals surface area contributed by atoms with Crippen molar-refractivity contribution in [3.8, 4) is 0 Å². The maximum absolute atomic E-state index is 13.7. The van der Waals surface area contributed by atoms with E-state index in [1.165, 1.54) is 25.3 Å². The first-order valence-corrected chi connectivity index (χ1v) is 7.70. The molecule has 1 aromatic carbocycles. The lowest BCUT2D eigenvalue weighted by Crippen LogP contribution is -2.29.